The molecule has 1 N–H and O–H groups in total. The Morgan fingerprint density at radius 3 is 2.07 bits per heavy atom. The monoisotopic (exact) mass is 389 g/mol. The van der Waals surface area contributed by atoms with Crippen molar-refractivity contribution in [3.05, 3.63) is 59.7 Å². The van der Waals surface area contributed by atoms with Crippen molar-refractivity contribution in [2.45, 2.75) is 17.9 Å². The minimum Gasteiger partial charge on any atom is -0.497 e. The maximum absolute atomic E-state index is 12.2. The summed E-state index contributed by atoms with van der Waals surface area (Å²) in [6.07, 6.45) is 4.25. The highest BCUT2D eigenvalue weighted by atomic mass is 32.2. The third kappa shape index (κ3) is 5.86. The van der Waals surface area contributed by atoms with E-state index in [1.54, 1.807) is 50.6 Å². The number of hydrogen-bond acceptors (Lipinski definition) is 5. The number of carbonyl (C=O) groups is 1. The molecule has 2 aromatic rings. The molecule has 0 aromatic heterocycles. The Kier molecular flexibility index (Phi) is 6.63. The number of rotatable bonds is 7. The van der Waals surface area contributed by atoms with Crippen molar-refractivity contribution in [2.75, 3.05) is 20.5 Å². The summed E-state index contributed by atoms with van der Waals surface area (Å²) >= 11 is 0. The van der Waals surface area contributed by atoms with E-state index < -0.39 is 9.84 Å². The smallest absolute Gasteiger partial charge is 0.244 e. The number of carbonyl (C=O) groups excluding carboxylic acids is 1. The molecule has 1 unspecified atom stereocenters. The van der Waals surface area contributed by atoms with Gasteiger partial charge in [-0.05, 0) is 48.4 Å². The molecule has 0 aliphatic heterocycles. The Morgan fingerprint density at radius 2 is 1.59 bits per heavy atom. The zero-order chi connectivity index (χ0) is 20.0. The van der Waals surface area contributed by atoms with Gasteiger partial charge in [0.1, 0.15) is 11.5 Å². The molecule has 0 fully saturated rings. The van der Waals surface area contributed by atoms with Crippen LogP contribution in [-0.4, -0.2) is 34.8 Å². The minimum atomic E-state index is -3.24. The minimum absolute atomic E-state index is 0.247. The molecule has 0 aliphatic carbocycles. The van der Waals surface area contributed by atoms with E-state index in [0.29, 0.717) is 11.5 Å². The van der Waals surface area contributed by atoms with Crippen LogP contribution in [0.1, 0.15) is 24.1 Å². The molecule has 0 heterocycles. The van der Waals surface area contributed by atoms with Gasteiger partial charge in [-0.2, -0.15) is 0 Å². The molecule has 0 saturated carbocycles. The fourth-order valence-electron chi connectivity index (χ4n) is 2.45. The second-order valence-corrected chi connectivity index (χ2v) is 8.07. The van der Waals surface area contributed by atoms with Gasteiger partial charge < -0.3 is 14.8 Å². The van der Waals surface area contributed by atoms with Crippen molar-refractivity contribution in [1.82, 2.24) is 5.32 Å². The Balaban J connectivity index is 2.05. The van der Waals surface area contributed by atoms with E-state index in [2.05, 4.69) is 5.32 Å². The van der Waals surface area contributed by atoms with Crippen LogP contribution in [0, 0.1) is 0 Å². The predicted octanol–water partition coefficient (Wildman–Crippen LogP) is 3.00. The molecule has 144 valence electrons. The summed E-state index contributed by atoms with van der Waals surface area (Å²) in [4.78, 5) is 12.4. The zero-order valence-corrected chi connectivity index (χ0v) is 16.5. The topological polar surface area (TPSA) is 81.7 Å². The van der Waals surface area contributed by atoms with Crippen LogP contribution in [0.4, 0.5) is 0 Å². The predicted molar refractivity (Wildman–Crippen MR) is 105 cm³/mol. The molecule has 0 aliphatic rings. The van der Waals surface area contributed by atoms with Crippen LogP contribution in [-0.2, 0) is 14.6 Å². The number of sulfone groups is 1. The van der Waals surface area contributed by atoms with Crippen molar-refractivity contribution in [3.63, 3.8) is 0 Å². The lowest BCUT2D eigenvalue weighted by molar-refractivity contribution is -0.117. The van der Waals surface area contributed by atoms with Gasteiger partial charge in [0.05, 0.1) is 25.2 Å². The Labute approximate surface area is 159 Å². The van der Waals surface area contributed by atoms with Gasteiger partial charge in [0.2, 0.25) is 5.91 Å². The second kappa shape index (κ2) is 8.73. The Bertz CT molecular complexity index is 911. The van der Waals surface area contributed by atoms with Crippen LogP contribution in [0.2, 0.25) is 0 Å². The van der Waals surface area contributed by atoms with Crippen LogP contribution in [0.15, 0.2) is 53.4 Å². The number of methoxy groups -OCH3 is 2. The zero-order valence-electron chi connectivity index (χ0n) is 15.7. The molecular formula is C20H23NO5S. The first-order valence-electron chi connectivity index (χ1n) is 8.24. The Hall–Kier alpha value is -2.80. The summed E-state index contributed by atoms with van der Waals surface area (Å²) < 4.78 is 33.4. The summed E-state index contributed by atoms with van der Waals surface area (Å²) in [6, 6.07) is 11.5. The van der Waals surface area contributed by atoms with Crippen molar-refractivity contribution in [3.8, 4) is 11.5 Å². The number of ether oxygens (including phenoxy) is 2. The summed E-state index contributed by atoms with van der Waals surface area (Å²) in [5.41, 5.74) is 1.58. The van der Waals surface area contributed by atoms with Crippen molar-refractivity contribution < 1.29 is 22.7 Å². The van der Waals surface area contributed by atoms with Gasteiger partial charge in [-0.15, -0.1) is 0 Å². The molecule has 7 heteroatoms. The van der Waals surface area contributed by atoms with Crippen LogP contribution < -0.4 is 14.8 Å². The van der Waals surface area contributed by atoms with E-state index in [4.69, 9.17) is 9.47 Å². The molecule has 0 radical (unpaired) electrons. The highest BCUT2D eigenvalue weighted by molar-refractivity contribution is 7.90. The molecule has 6 nitrogen and oxygen atoms in total. The maximum Gasteiger partial charge on any atom is 0.244 e. The van der Waals surface area contributed by atoms with Gasteiger partial charge in [0.15, 0.2) is 9.84 Å². The van der Waals surface area contributed by atoms with Gasteiger partial charge in [-0.3, -0.25) is 4.79 Å². The highest BCUT2D eigenvalue weighted by Gasteiger charge is 2.11. The summed E-state index contributed by atoms with van der Waals surface area (Å²) in [5, 5.41) is 2.84. The summed E-state index contributed by atoms with van der Waals surface area (Å²) in [5.74, 6) is 0.999. The lowest BCUT2D eigenvalue weighted by atomic mass is 10.1. The van der Waals surface area contributed by atoms with E-state index in [-0.39, 0.29) is 16.8 Å². The van der Waals surface area contributed by atoms with Crippen molar-refractivity contribution in [1.29, 1.82) is 0 Å². The van der Waals surface area contributed by atoms with Gasteiger partial charge in [-0.25, -0.2) is 8.42 Å². The highest BCUT2D eigenvalue weighted by Crippen LogP contribution is 2.23. The fourth-order valence-corrected chi connectivity index (χ4v) is 3.08. The molecule has 0 saturated heterocycles. The summed E-state index contributed by atoms with van der Waals surface area (Å²) in [6.45, 7) is 1.83. The van der Waals surface area contributed by atoms with Crippen molar-refractivity contribution in [2.24, 2.45) is 0 Å². The number of hydrogen-bond donors (Lipinski definition) is 1. The summed E-state index contributed by atoms with van der Waals surface area (Å²) in [7, 11) is -0.116. The van der Waals surface area contributed by atoms with E-state index >= 15 is 0 Å². The first-order chi connectivity index (χ1) is 12.7. The lowest BCUT2D eigenvalue weighted by Gasteiger charge is -2.13. The largest absolute Gasteiger partial charge is 0.497 e. The molecule has 0 bridgehead atoms. The van der Waals surface area contributed by atoms with Gasteiger partial charge >= 0.3 is 0 Å². The lowest BCUT2D eigenvalue weighted by Crippen LogP contribution is -2.24. The Morgan fingerprint density at radius 1 is 1.04 bits per heavy atom. The van der Waals surface area contributed by atoms with Gasteiger partial charge in [0.25, 0.3) is 0 Å². The quantitative estimate of drug-likeness (QED) is 0.736. The fraction of sp³-hybridized carbons (Fsp3) is 0.250. The number of benzene rings is 2. The SMILES string of the molecule is COc1cc(C=CC(=O)NC(C)c2ccc(S(C)(=O)=O)cc2)cc(OC)c1. The van der Waals surface area contributed by atoms with Gasteiger partial charge in [-0.1, -0.05) is 12.1 Å². The number of amides is 1. The number of nitrogens with one attached hydrogen (secondary N) is 1. The molecular weight excluding hydrogens is 366 g/mol. The molecule has 27 heavy (non-hydrogen) atoms. The van der Waals surface area contributed by atoms with E-state index in [9.17, 15) is 13.2 Å². The van der Waals surface area contributed by atoms with Crippen LogP contribution in [0.25, 0.3) is 6.08 Å². The molecule has 0 spiro atoms. The standard InChI is InChI=1S/C20H23NO5S/c1-14(16-6-8-19(9-7-16)27(4,23)24)21-20(22)10-5-15-11-17(25-2)13-18(12-15)26-3/h5-14H,1-4H3,(H,21,22). The molecule has 1 atom stereocenters. The first-order valence-corrected chi connectivity index (χ1v) is 10.1. The normalized spacial score (nSPS) is 12.6. The molecule has 2 aromatic carbocycles. The van der Waals surface area contributed by atoms with E-state index in [1.165, 1.54) is 18.2 Å². The molecule has 1 amide bonds. The third-order valence-corrected chi connectivity index (χ3v) is 5.10. The maximum atomic E-state index is 12.2. The average molecular weight is 389 g/mol. The van der Waals surface area contributed by atoms with Crippen LogP contribution in [0.3, 0.4) is 0 Å². The molecule has 2 rings (SSSR count). The van der Waals surface area contributed by atoms with Crippen LogP contribution in [0.5, 0.6) is 11.5 Å². The average Bonchev–Trinajstić information content (AvgIpc) is 2.65. The third-order valence-electron chi connectivity index (χ3n) is 3.97. The second-order valence-electron chi connectivity index (χ2n) is 6.05. The van der Waals surface area contributed by atoms with Crippen molar-refractivity contribution >= 4 is 21.8 Å². The van der Waals surface area contributed by atoms with Crippen LogP contribution >= 0.6 is 0 Å². The first kappa shape index (κ1) is 20.5. The van der Waals surface area contributed by atoms with Gasteiger partial charge in [0, 0.05) is 18.4 Å². The van der Waals surface area contributed by atoms with E-state index in [0.717, 1.165) is 17.4 Å². The van der Waals surface area contributed by atoms with E-state index in [1.807, 2.05) is 6.92 Å².